The lowest BCUT2D eigenvalue weighted by molar-refractivity contribution is -0.128. The van der Waals surface area contributed by atoms with E-state index in [2.05, 4.69) is 10.6 Å². The van der Waals surface area contributed by atoms with Crippen LogP contribution in [0.15, 0.2) is 0 Å². The van der Waals surface area contributed by atoms with Crippen LogP contribution in [0.1, 0.15) is 33.6 Å². The molecule has 5 heteroatoms. The number of nitrogens with two attached hydrogens (primary N) is 1. The fourth-order valence-electron chi connectivity index (χ4n) is 0.973. The zero-order chi connectivity index (χ0) is 12.6. The summed E-state index contributed by atoms with van der Waals surface area (Å²) in [4.78, 5) is 22.7. The Kier molecular flexibility index (Phi) is 6.72. The van der Waals surface area contributed by atoms with Gasteiger partial charge in [0, 0.05) is 24.9 Å². The molecule has 5 nitrogen and oxygen atoms in total. The van der Waals surface area contributed by atoms with E-state index in [0.29, 0.717) is 26.1 Å². The van der Waals surface area contributed by atoms with Crippen molar-refractivity contribution in [3.05, 3.63) is 0 Å². The fraction of sp³-hybridized carbons (Fsp3) is 0.818. The van der Waals surface area contributed by atoms with Crippen LogP contribution >= 0.6 is 0 Å². The molecule has 0 fully saturated rings. The Morgan fingerprint density at radius 3 is 2.25 bits per heavy atom. The fourth-order valence-corrected chi connectivity index (χ4v) is 0.973. The van der Waals surface area contributed by atoms with E-state index in [-0.39, 0.29) is 11.8 Å². The molecular weight excluding hydrogens is 206 g/mol. The van der Waals surface area contributed by atoms with E-state index < -0.39 is 5.41 Å². The number of carbonyl (C=O) groups excluding carboxylic acids is 2. The van der Waals surface area contributed by atoms with Crippen LogP contribution in [0.25, 0.3) is 0 Å². The highest BCUT2D eigenvalue weighted by Gasteiger charge is 2.20. The summed E-state index contributed by atoms with van der Waals surface area (Å²) in [6.45, 7) is 7.06. The quantitative estimate of drug-likeness (QED) is 0.561. The molecule has 0 radical (unpaired) electrons. The van der Waals surface area contributed by atoms with E-state index in [4.69, 9.17) is 5.73 Å². The molecule has 0 aliphatic heterocycles. The molecule has 0 aromatic heterocycles. The average molecular weight is 229 g/mol. The summed E-state index contributed by atoms with van der Waals surface area (Å²) in [5.74, 6) is -0.0927. The Labute approximate surface area is 97.2 Å². The molecule has 0 unspecified atom stereocenters. The van der Waals surface area contributed by atoms with Crippen LogP contribution in [0.3, 0.4) is 0 Å². The zero-order valence-corrected chi connectivity index (χ0v) is 10.4. The third kappa shape index (κ3) is 7.23. The third-order valence-electron chi connectivity index (χ3n) is 2.02. The van der Waals surface area contributed by atoms with Crippen molar-refractivity contribution in [3.8, 4) is 0 Å². The first-order valence-electron chi connectivity index (χ1n) is 5.63. The van der Waals surface area contributed by atoms with Crippen LogP contribution in [-0.2, 0) is 9.59 Å². The minimum atomic E-state index is -0.407. The number of nitrogens with one attached hydrogen (secondary N) is 2. The maximum atomic E-state index is 11.4. The summed E-state index contributed by atoms with van der Waals surface area (Å²) in [6.07, 6.45) is 1.09. The molecule has 0 aliphatic carbocycles. The monoisotopic (exact) mass is 229 g/mol. The highest BCUT2D eigenvalue weighted by atomic mass is 16.2. The van der Waals surface area contributed by atoms with Gasteiger partial charge in [0.25, 0.3) is 0 Å². The number of carbonyl (C=O) groups is 2. The van der Waals surface area contributed by atoms with E-state index in [1.54, 1.807) is 0 Å². The van der Waals surface area contributed by atoms with Crippen molar-refractivity contribution >= 4 is 11.8 Å². The van der Waals surface area contributed by atoms with Gasteiger partial charge in [-0.05, 0) is 13.0 Å². The van der Waals surface area contributed by atoms with Crippen molar-refractivity contribution < 1.29 is 9.59 Å². The maximum Gasteiger partial charge on any atom is 0.225 e. The molecule has 94 valence electrons. The SMILES string of the molecule is CC(C)(C)C(=O)NCCC(=O)NCCCN. The minimum absolute atomic E-state index is 0.0396. The van der Waals surface area contributed by atoms with Crippen molar-refractivity contribution in [2.24, 2.45) is 11.1 Å². The molecule has 0 aromatic carbocycles. The van der Waals surface area contributed by atoms with E-state index in [0.717, 1.165) is 6.42 Å². The molecule has 0 bridgehead atoms. The third-order valence-corrected chi connectivity index (χ3v) is 2.02. The van der Waals surface area contributed by atoms with Gasteiger partial charge in [0.2, 0.25) is 11.8 Å². The van der Waals surface area contributed by atoms with Gasteiger partial charge < -0.3 is 16.4 Å². The first-order chi connectivity index (χ1) is 7.38. The summed E-state index contributed by atoms with van der Waals surface area (Å²) in [5.41, 5.74) is 4.89. The van der Waals surface area contributed by atoms with Crippen LogP contribution in [0.5, 0.6) is 0 Å². The lowest BCUT2D eigenvalue weighted by atomic mass is 9.96. The van der Waals surface area contributed by atoms with Crippen molar-refractivity contribution in [1.29, 1.82) is 0 Å². The summed E-state index contributed by atoms with van der Waals surface area (Å²) < 4.78 is 0. The van der Waals surface area contributed by atoms with Crippen LogP contribution in [-0.4, -0.2) is 31.4 Å². The molecular formula is C11H23N3O2. The second kappa shape index (κ2) is 7.22. The van der Waals surface area contributed by atoms with Gasteiger partial charge in [0.05, 0.1) is 0 Å². The number of amides is 2. The number of hydrogen-bond acceptors (Lipinski definition) is 3. The van der Waals surface area contributed by atoms with Gasteiger partial charge in [0.1, 0.15) is 0 Å². The van der Waals surface area contributed by atoms with Gasteiger partial charge >= 0.3 is 0 Å². The highest BCUT2D eigenvalue weighted by Crippen LogP contribution is 2.11. The van der Waals surface area contributed by atoms with Crippen molar-refractivity contribution in [1.82, 2.24) is 10.6 Å². The Morgan fingerprint density at radius 1 is 1.12 bits per heavy atom. The average Bonchev–Trinajstić information content (AvgIpc) is 2.16. The first kappa shape index (κ1) is 14.9. The molecule has 0 spiro atoms. The molecule has 0 aliphatic rings. The standard InChI is InChI=1S/C11H23N3O2/c1-11(2,3)10(16)14-8-5-9(15)13-7-4-6-12/h4-8,12H2,1-3H3,(H,13,15)(H,14,16). The van der Waals surface area contributed by atoms with Gasteiger partial charge in [-0.3, -0.25) is 9.59 Å². The Morgan fingerprint density at radius 2 is 1.75 bits per heavy atom. The van der Waals surface area contributed by atoms with Crippen LogP contribution in [0, 0.1) is 5.41 Å². The lowest BCUT2D eigenvalue weighted by Crippen LogP contribution is -2.37. The molecule has 0 saturated carbocycles. The van der Waals surface area contributed by atoms with Gasteiger partial charge in [-0.25, -0.2) is 0 Å². The van der Waals surface area contributed by atoms with Crippen molar-refractivity contribution in [2.45, 2.75) is 33.6 Å². The first-order valence-corrected chi connectivity index (χ1v) is 5.63. The molecule has 0 atom stereocenters. The molecule has 0 heterocycles. The maximum absolute atomic E-state index is 11.4. The molecule has 2 amide bonds. The normalized spacial score (nSPS) is 11.0. The number of hydrogen-bond donors (Lipinski definition) is 3. The largest absolute Gasteiger partial charge is 0.356 e. The van der Waals surface area contributed by atoms with E-state index in [9.17, 15) is 9.59 Å². The summed E-state index contributed by atoms with van der Waals surface area (Å²) in [7, 11) is 0. The number of rotatable bonds is 6. The minimum Gasteiger partial charge on any atom is -0.356 e. The molecule has 0 aromatic rings. The summed E-state index contributed by atoms with van der Waals surface area (Å²) in [6, 6.07) is 0. The van der Waals surface area contributed by atoms with Crippen molar-refractivity contribution in [2.75, 3.05) is 19.6 Å². The lowest BCUT2D eigenvalue weighted by Gasteiger charge is -2.17. The van der Waals surface area contributed by atoms with Crippen LogP contribution < -0.4 is 16.4 Å². The van der Waals surface area contributed by atoms with Gasteiger partial charge in [-0.2, -0.15) is 0 Å². The summed E-state index contributed by atoms with van der Waals surface area (Å²) in [5, 5.41) is 5.45. The second-order valence-electron chi connectivity index (χ2n) is 4.75. The van der Waals surface area contributed by atoms with Crippen LogP contribution in [0.2, 0.25) is 0 Å². The summed E-state index contributed by atoms with van der Waals surface area (Å²) >= 11 is 0. The molecule has 0 rings (SSSR count). The Balaban J connectivity index is 3.59. The topological polar surface area (TPSA) is 84.2 Å². The predicted octanol–water partition coefficient (Wildman–Crippen LogP) is 0.00380. The van der Waals surface area contributed by atoms with Gasteiger partial charge in [-0.1, -0.05) is 20.8 Å². The highest BCUT2D eigenvalue weighted by molar-refractivity contribution is 5.82. The van der Waals surface area contributed by atoms with Gasteiger partial charge in [-0.15, -0.1) is 0 Å². The smallest absolute Gasteiger partial charge is 0.225 e. The van der Waals surface area contributed by atoms with E-state index in [1.165, 1.54) is 0 Å². The molecule has 0 saturated heterocycles. The Hall–Kier alpha value is -1.10. The molecule has 4 N–H and O–H groups in total. The van der Waals surface area contributed by atoms with Crippen LogP contribution in [0.4, 0.5) is 0 Å². The van der Waals surface area contributed by atoms with E-state index >= 15 is 0 Å². The van der Waals surface area contributed by atoms with Crippen molar-refractivity contribution in [3.63, 3.8) is 0 Å². The zero-order valence-electron chi connectivity index (χ0n) is 10.4. The molecule has 16 heavy (non-hydrogen) atoms. The predicted molar refractivity (Wildman–Crippen MR) is 63.8 cm³/mol. The van der Waals surface area contributed by atoms with Gasteiger partial charge in [0.15, 0.2) is 0 Å². The Bertz CT molecular complexity index is 234. The second-order valence-corrected chi connectivity index (χ2v) is 4.75. The van der Waals surface area contributed by atoms with E-state index in [1.807, 2.05) is 20.8 Å².